The molecule has 0 saturated heterocycles. The smallest absolute Gasteiger partial charge is 0.457 e. The molecular formula is C17H12F13IO2. The second-order valence-corrected chi connectivity index (χ2v) is 8.16. The predicted octanol–water partition coefficient (Wildman–Crippen LogP) is 7.22. The molecule has 1 aromatic carbocycles. The quantitative estimate of drug-likeness (QED) is 0.126. The zero-order chi connectivity index (χ0) is 26.3. The fraction of sp³-hybridized carbons (Fsp3) is 0.588. The van der Waals surface area contributed by atoms with Gasteiger partial charge >= 0.3 is 41.8 Å². The summed E-state index contributed by atoms with van der Waals surface area (Å²) >= 11 is 0.715. The Hall–Kier alpha value is -1.49. The molecule has 0 aliphatic heterocycles. The van der Waals surface area contributed by atoms with Crippen LogP contribution in [0.3, 0.4) is 0 Å². The van der Waals surface area contributed by atoms with E-state index >= 15 is 0 Å². The van der Waals surface area contributed by atoms with E-state index in [1.54, 1.807) is 6.07 Å². The lowest BCUT2D eigenvalue weighted by Crippen LogP contribution is -2.70. The molecule has 0 spiro atoms. The highest BCUT2D eigenvalue weighted by Gasteiger charge is 2.90. The van der Waals surface area contributed by atoms with Crippen molar-refractivity contribution in [2.45, 2.75) is 59.2 Å². The van der Waals surface area contributed by atoms with Crippen LogP contribution in [0.4, 0.5) is 57.1 Å². The summed E-state index contributed by atoms with van der Waals surface area (Å²) in [6.07, 6.45) is -11.3. The summed E-state index contributed by atoms with van der Waals surface area (Å²) in [5.74, 6) is -39.1. The lowest BCUT2D eigenvalue weighted by Gasteiger charge is -2.40. The van der Waals surface area contributed by atoms with Crippen molar-refractivity contribution < 1.29 is 66.6 Å². The van der Waals surface area contributed by atoms with Crippen LogP contribution in [0.1, 0.15) is 25.0 Å². The number of carbonyl (C=O) groups is 1. The first-order valence-corrected chi connectivity index (χ1v) is 9.64. The van der Waals surface area contributed by atoms with E-state index in [4.69, 9.17) is 0 Å². The second kappa shape index (κ2) is 9.28. The number of ether oxygens (including phenoxy) is 1. The van der Waals surface area contributed by atoms with Crippen molar-refractivity contribution >= 4 is 28.6 Å². The van der Waals surface area contributed by atoms with Gasteiger partial charge < -0.3 is 4.74 Å². The summed E-state index contributed by atoms with van der Waals surface area (Å²) in [7, 11) is 0. The van der Waals surface area contributed by atoms with Gasteiger partial charge in [0.25, 0.3) is 0 Å². The third kappa shape index (κ3) is 5.28. The molecule has 2 atom stereocenters. The highest BCUT2D eigenvalue weighted by Crippen LogP contribution is 2.60. The molecule has 16 heteroatoms. The molecule has 33 heavy (non-hydrogen) atoms. The Labute approximate surface area is 190 Å². The molecule has 190 valence electrons. The first-order chi connectivity index (χ1) is 14.5. The fourth-order valence-electron chi connectivity index (χ4n) is 2.28. The summed E-state index contributed by atoms with van der Waals surface area (Å²) in [4.78, 5) is 11.9. The van der Waals surface area contributed by atoms with Crippen LogP contribution in [-0.4, -0.2) is 45.7 Å². The third-order valence-corrected chi connectivity index (χ3v) is 5.20. The molecule has 0 fully saturated rings. The minimum absolute atomic E-state index is 0.284. The molecule has 1 rings (SSSR count). The van der Waals surface area contributed by atoms with Gasteiger partial charge in [-0.25, -0.2) is 0 Å². The molecule has 0 radical (unpaired) electrons. The highest BCUT2D eigenvalue weighted by atomic mass is 127. The van der Waals surface area contributed by atoms with Crippen LogP contribution in [0, 0.1) is 0 Å². The van der Waals surface area contributed by atoms with Crippen molar-refractivity contribution in [1.82, 2.24) is 0 Å². The molecule has 0 aromatic heterocycles. The number of benzene rings is 1. The van der Waals surface area contributed by atoms with Gasteiger partial charge in [0.05, 0.1) is 0 Å². The Morgan fingerprint density at radius 3 is 1.64 bits per heavy atom. The molecule has 0 heterocycles. The van der Waals surface area contributed by atoms with Gasteiger partial charge in [-0.3, -0.25) is 4.79 Å². The first kappa shape index (κ1) is 29.5. The lowest BCUT2D eigenvalue weighted by atomic mass is 9.92. The van der Waals surface area contributed by atoms with E-state index in [0.717, 1.165) is 0 Å². The van der Waals surface area contributed by atoms with Crippen molar-refractivity contribution in [2.24, 2.45) is 0 Å². The number of halogens is 14. The standard InChI is InChI=1S/C17H12F13IO2/c1-8(9-5-3-2-4-6-9)33-11(32)10(31)7-12(18,19)13(20,21)14(22,23)15(24,25)16(26,27)17(28,29)30/h2-6,8,10H,7H2,1H3. The van der Waals surface area contributed by atoms with Crippen LogP contribution in [0.25, 0.3) is 0 Å². The number of rotatable bonds is 9. The van der Waals surface area contributed by atoms with Crippen molar-refractivity contribution in [2.75, 3.05) is 0 Å². The third-order valence-electron chi connectivity index (χ3n) is 4.25. The van der Waals surface area contributed by atoms with Crippen molar-refractivity contribution in [3.63, 3.8) is 0 Å². The molecule has 2 nitrogen and oxygen atoms in total. The number of hydrogen-bond donors (Lipinski definition) is 0. The molecule has 0 amide bonds. The Kier molecular flexibility index (Phi) is 8.31. The Balaban J connectivity index is 3.15. The SMILES string of the molecule is CC(OC(=O)C(I)CC(F)(F)C(F)(F)C(F)(F)C(F)(F)C(F)(F)C(F)(F)F)c1ccccc1. The Morgan fingerprint density at radius 1 is 0.788 bits per heavy atom. The van der Waals surface area contributed by atoms with Crippen LogP contribution < -0.4 is 0 Å². The minimum Gasteiger partial charge on any atom is -0.457 e. The van der Waals surface area contributed by atoms with E-state index in [9.17, 15) is 61.9 Å². The molecule has 0 aliphatic rings. The topological polar surface area (TPSA) is 26.3 Å². The normalized spacial score (nSPS) is 16.3. The van der Waals surface area contributed by atoms with Gasteiger partial charge in [0, 0.05) is 6.42 Å². The molecule has 1 aromatic rings. The van der Waals surface area contributed by atoms with Gasteiger partial charge in [-0.15, -0.1) is 0 Å². The lowest BCUT2D eigenvalue weighted by molar-refractivity contribution is -0.440. The van der Waals surface area contributed by atoms with Crippen LogP contribution >= 0.6 is 22.6 Å². The highest BCUT2D eigenvalue weighted by molar-refractivity contribution is 14.1. The number of carbonyl (C=O) groups excluding carboxylic acids is 1. The molecule has 2 unspecified atom stereocenters. The monoisotopic (exact) mass is 622 g/mol. The maximum Gasteiger partial charge on any atom is 0.460 e. The zero-order valence-electron chi connectivity index (χ0n) is 15.9. The first-order valence-electron chi connectivity index (χ1n) is 8.40. The van der Waals surface area contributed by atoms with Gasteiger partial charge in [0.2, 0.25) is 0 Å². The van der Waals surface area contributed by atoms with Crippen molar-refractivity contribution in [3.8, 4) is 0 Å². The van der Waals surface area contributed by atoms with E-state index in [0.29, 0.717) is 22.6 Å². The summed E-state index contributed by atoms with van der Waals surface area (Å²) in [6, 6.07) is 7.27. The van der Waals surface area contributed by atoms with E-state index < -0.39 is 58.2 Å². The van der Waals surface area contributed by atoms with E-state index in [1.165, 1.54) is 31.2 Å². The Bertz CT molecular complexity index is 824. The van der Waals surface area contributed by atoms with Gasteiger partial charge in [-0.05, 0) is 12.5 Å². The summed E-state index contributed by atoms with van der Waals surface area (Å²) < 4.78 is 173. The molecule has 0 aliphatic carbocycles. The number of hydrogen-bond acceptors (Lipinski definition) is 2. The largest absolute Gasteiger partial charge is 0.460 e. The molecular weight excluding hydrogens is 610 g/mol. The number of alkyl halides is 14. The average Bonchev–Trinajstić information content (AvgIpc) is 2.66. The summed E-state index contributed by atoms with van der Waals surface area (Å²) in [6.45, 7) is 1.21. The van der Waals surface area contributed by atoms with Crippen LogP contribution in [0.2, 0.25) is 0 Å². The summed E-state index contributed by atoms with van der Waals surface area (Å²) in [5.41, 5.74) is 0.284. The fourth-order valence-corrected chi connectivity index (χ4v) is 2.98. The summed E-state index contributed by atoms with van der Waals surface area (Å²) in [5, 5.41) is 0. The van der Waals surface area contributed by atoms with E-state index in [1.807, 2.05) is 0 Å². The van der Waals surface area contributed by atoms with Crippen LogP contribution in [0.5, 0.6) is 0 Å². The molecule has 0 N–H and O–H groups in total. The maximum atomic E-state index is 13.9. The Morgan fingerprint density at radius 2 is 1.21 bits per heavy atom. The maximum absolute atomic E-state index is 13.9. The zero-order valence-corrected chi connectivity index (χ0v) is 18.0. The van der Waals surface area contributed by atoms with Gasteiger partial charge in [0.1, 0.15) is 10.0 Å². The minimum atomic E-state index is -7.98. The van der Waals surface area contributed by atoms with Crippen molar-refractivity contribution in [1.29, 1.82) is 0 Å². The second-order valence-electron chi connectivity index (χ2n) is 6.66. The van der Waals surface area contributed by atoms with E-state index in [2.05, 4.69) is 4.74 Å². The average molecular weight is 622 g/mol. The van der Waals surface area contributed by atoms with Crippen molar-refractivity contribution in [3.05, 3.63) is 35.9 Å². The molecule has 0 saturated carbocycles. The van der Waals surface area contributed by atoms with Gasteiger partial charge in [-0.2, -0.15) is 57.1 Å². The van der Waals surface area contributed by atoms with E-state index in [-0.39, 0.29) is 5.56 Å². The number of esters is 1. The van der Waals surface area contributed by atoms with Gasteiger partial charge in [0.15, 0.2) is 0 Å². The predicted molar refractivity (Wildman–Crippen MR) is 94.2 cm³/mol. The van der Waals surface area contributed by atoms with Crippen LogP contribution in [0.15, 0.2) is 30.3 Å². The molecule has 0 bridgehead atoms. The van der Waals surface area contributed by atoms with Gasteiger partial charge in [-0.1, -0.05) is 52.9 Å². The van der Waals surface area contributed by atoms with Crippen LogP contribution in [-0.2, 0) is 9.53 Å².